The predicted octanol–water partition coefficient (Wildman–Crippen LogP) is -0.0532. The van der Waals surface area contributed by atoms with Gasteiger partial charge in [-0.2, -0.15) is 0 Å². The second-order valence-electron chi connectivity index (χ2n) is 10.4. The fourth-order valence-electron chi connectivity index (χ4n) is 3.92. The molecule has 13 heteroatoms. The van der Waals surface area contributed by atoms with E-state index < -0.39 is 47.9 Å². The molecule has 0 spiro atoms. The second kappa shape index (κ2) is 17.0. The predicted molar refractivity (Wildman–Crippen MR) is 152 cm³/mol. The van der Waals surface area contributed by atoms with Crippen molar-refractivity contribution in [3.05, 3.63) is 29.8 Å². The van der Waals surface area contributed by atoms with Gasteiger partial charge in [-0.15, -0.1) is 0 Å². The van der Waals surface area contributed by atoms with Crippen molar-refractivity contribution in [2.24, 2.45) is 34.0 Å². The number of nitrogens with zero attached hydrogens (tertiary/aromatic N) is 1. The molecule has 0 bridgehead atoms. The van der Waals surface area contributed by atoms with Gasteiger partial charge in [-0.3, -0.25) is 19.4 Å². The Balaban J connectivity index is 3.10. The Hall–Kier alpha value is -3.87. The van der Waals surface area contributed by atoms with E-state index >= 15 is 0 Å². The number of guanidine groups is 1. The maximum Gasteiger partial charge on any atom is 0.326 e. The number of nitrogens with two attached hydrogens (primary N) is 3. The van der Waals surface area contributed by atoms with Crippen molar-refractivity contribution in [1.29, 1.82) is 0 Å². The quantitative estimate of drug-likeness (QED) is 0.0719. The molecule has 5 atom stereocenters. The number of nitrogens with one attached hydrogen (secondary N) is 3. The molecule has 0 saturated heterocycles. The van der Waals surface area contributed by atoms with Crippen molar-refractivity contribution in [2.45, 2.75) is 84.0 Å². The van der Waals surface area contributed by atoms with Crippen LogP contribution in [0.2, 0.25) is 0 Å². The molecular formula is C27H45N7O6. The van der Waals surface area contributed by atoms with Crippen LogP contribution in [0.4, 0.5) is 0 Å². The Labute approximate surface area is 235 Å². The van der Waals surface area contributed by atoms with Crippen molar-refractivity contribution in [1.82, 2.24) is 16.0 Å². The minimum atomic E-state index is -1.18. The van der Waals surface area contributed by atoms with Crippen LogP contribution in [0.15, 0.2) is 29.3 Å². The van der Waals surface area contributed by atoms with E-state index in [1.807, 2.05) is 20.8 Å². The Morgan fingerprint density at radius 3 is 2.02 bits per heavy atom. The third-order valence-corrected chi connectivity index (χ3v) is 6.43. The molecule has 5 unspecified atom stereocenters. The molecule has 0 aliphatic carbocycles. The molecule has 0 aliphatic rings. The molecule has 13 nitrogen and oxygen atoms in total. The van der Waals surface area contributed by atoms with Crippen molar-refractivity contribution in [3.8, 4) is 5.75 Å². The summed E-state index contributed by atoms with van der Waals surface area (Å²) in [6.45, 7) is 7.59. The van der Waals surface area contributed by atoms with Crippen molar-refractivity contribution >= 4 is 29.7 Å². The first-order chi connectivity index (χ1) is 18.7. The summed E-state index contributed by atoms with van der Waals surface area (Å²) in [4.78, 5) is 55.1. The number of carboxylic acids is 1. The lowest BCUT2D eigenvalue weighted by molar-refractivity contribution is -0.143. The van der Waals surface area contributed by atoms with Gasteiger partial charge in [-0.05, 0) is 48.8 Å². The van der Waals surface area contributed by atoms with Gasteiger partial charge in [0.25, 0.3) is 0 Å². The monoisotopic (exact) mass is 563 g/mol. The Kier molecular flexibility index (Phi) is 14.5. The zero-order chi connectivity index (χ0) is 30.4. The Morgan fingerprint density at radius 1 is 0.925 bits per heavy atom. The van der Waals surface area contributed by atoms with Crippen LogP contribution in [0, 0.1) is 11.8 Å². The molecule has 0 heterocycles. The minimum absolute atomic E-state index is 0.0142. The maximum atomic E-state index is 13.4. The normalized spacial score (nSPS) is 14.8. The van der Waals surface area contributed by atoms with Crippen LogP contribution in [-0.2, 0) is 25.6 Å². The number of aromatic hydroxyl groups is 1. The highest BCUT2D eigenvalue weighted by atomic mass is 16.4. The van der Waals surface area contributed by atoms with E-state index in [-0.39, 0.29) is 42.8 Å². The van der Waals surface area contributed by atoms with Gasteiger partial charge in [0.1, 0.15) is 23.9 Å². The molecule has 0 aromatic heterocycles. The van der Waals surface area contributed by atoms with Crippen LogP contribution in [-0.4, -0.2) is 70.6 Å². The highest BCUT2D eigenvalue weighted by molar-refractivity contribution is 5.94. The number of hydrogen-bond donors (Lipinski definition) is 8. The molecule has 1 aromatic rings. The first-order valence-corrected chi connectivity index (χ1v) is 13.5. The number of aliphatic imine (C=N–C) groups is 1. The molecule has 11 N–H and O–H groups in total. The summed E-state index contributed by atoms with van der Waals surface area (Å²) in [5.41, 5.74) is 17.2. The molecular weight excluding hydrogens is 518 g/mol. The largest absolute Gasteiger partial charge is 0.508 e. The molecule has 224 valence electrons. The maximum absolute atomic E-state index is 13.4. The van der Waals surface area contributed by atoms with E-state index in [4.69, 9.17) is 17.2 Å². The standard InChI is InChI=1S/C27H45N7O6/c1-5-16(4)22(26(39)40)34-25(38)21(14-17-8-10-18(35)11-9-17)33-24(37)20(13-15(2)3)32-23(36)19(28)7-6-12-31-27(29)30/h8-11,15-16,19-22,35H,5-7,12-14,28H2,1-4H3,(H,32,36)(H,33,37)(H,34,38)(H,39,40)(H4,29,30,31). The third kappa shape index (κ3) is 12.3. The second-order valence-corrected chi connectivity index (χ2v) is 10.4. The lowest BCUT2D eigenvalue weighted by Crippen LogP contribution is -2.58. The summed E-state index contributed by atoms with van der Waals surface area (Å²) in [6, 6.07) is 1.89. The summed E-state index contributed by atoms with van der Waals surface area (Å²) >= 11 is 0. The lowest BCUT2D eigenvalue weighted by atomic mass is 9.97. The molecule has 40 heavy (non-hydrogen) atoms. The van der Waals surface area contributed by atoms with Crippen molar-refractivity contribution < 1.29 is 29.4 Å². The molecule has 0 aliphatic heterocycles. The first kappa shape index (κ1) is 34.2. The summed E-state index contributed by atoms with van der Waals surface area (Å²) in [5.74, 6) is -3.37. The summed E-state index contributed by atoms with van der Waals surface area (Å²) in [7, 11) is 0. The van der Waals surface area contributed by atoms with E-state index in [2.05, 4.69) is 20.9 Å². The number of carbonyl (C=O) groups is 4. The van der Waals surface area contributed by atoms with E-state index in [1.54, 1.807) is 19.1 Å². The Bertz CT molecular complexity index is 1010. The topological polar surface area (TPSA) is 235 Å². The minimum Gasteiger partial charge on any atom is -0.508 e. The van der Waals surface area contributed by atoms with Gasteiger partial charge in [-0.25, -0.2) is 4.79 Å². The molecule has 1 aromatic carbocycles. The fraction of sp³-hybridized carbons (Fsp3) is 0.593. The van der Waals surface area contributed by atoms with Crippen LogP contribution >= 0.6 is 0 Å². The number of carboxylic acid groups (broad SMARTS) is 1. The van der Waals surface area contributed by atoms with Crippen LogP contribution in [0.25, 0.3) is 0 Å². The lowest BCUT2D eigenvalue weighted by Gasteiger charge is -2.27. The highest BCUT2D eigenvalue weighted by Gasteiger charge is 2.32. The van der Waals surface area contributed by atoms with E-state index in [0.717, 1.165) is 0 Å². The van der Waals surface area contributed by atoms with Gasteiger partial charge in [0, 0.05) is 13.0 Å². The average Bonchev–Trinajstić information content (AvgIpc) is 2.88. The smallest absolute Gasteiger partial charge is 0.326 e. The van der Waals surface area contributed by atoms with Gasteiger partial charge in [0.2, 0.25) is 17.7 Å². The number of phenols is 1. The van der Waals surface area contributed by atoms with E-state index in [9.17, 15) is 29.4 Å². The number of carbonyl (C=O) groups excluding carboxylic acids is 3. The summed E-state index contributed by atoms with van der Waals surface area (Å²) < 4.78 is 0. The van der Waals surface area contributed by atoms with Crippen molar-refractivity contribution in [3.63, 3.8) is 0 Å². The number of amides is 3. The molecule has 0 radical (unpaired) electrons. The number of rotatable bonds is 17. The first-order valence-electron chi connectivity index (χ1n) is 13.5. The molecule has 0 fully saturated rings. The number of aliphatic carboxylic acids is 1. The van der Waals surface area contributed by atoms with Gasteiger partial charge in [0.15, 0.2) is 5.96 Å². The van der Waals surface area contributed by atoms with Gasteiger partial charge in [0.05, 0.1) is 6.04 Å². The SMILES string of the molecule is CCC(C)C(NC(=O)C(Cc1ccc(O)cc1)NC(=O)C(CC(C)C)NC(=O)C(N)CCCN=C(N)N)C(=O)O. The van der Waals surface area contributed by atoms with Gasteiger partial charge in [-0.1, -0.05) is 46.2 Å². The zero-order valence-corrected chi connectivity index (χ0v) is 23.7. The average molecular weight is 564 g/mol. The molecule has 3 amide bonds. The van der Waals surface area contributed by atoms with Crippen LogP contribution in [0.3, 0.4) is 0 Å². The highest BCUT2D eigenvalue weighted by Crippen LogP contribution is 2.14. The zero-order valence-electron chi connectivity index (χ0n) is 23.7. The number of hydrogen-bond acceptors (Lipinski definition) is 7. The van der Waals surface area contributed by atoms with E-state index in [0.29, 0.717) is 24.9 Å². The van der Waals surface area contributed by atoms with Crippen LogP contribution in [0.5, 0.6) is 5.75 Å². The molecule has 0 saturated carbocycles. The number of benzene rings is 1. The van der Waals surface area contributed by atoms with Gasteiger partial charge < -0.3 is 43.4 Å². The Morgan fingerprint density at radius 2 is 1.50 bits per heavy atom. The molecule has 1 rings (SSSR count). The summed E-state index contributed by atoms with van der Waals surface area (Å²) in [6.07, 6.45) is 1.56. The van der Waals surface area contributed by atoms with Crippen molar-refractivity contribution in [2.75, 3.05) is 6.54 Å². The van der Waals surface area contributed by atoms with Gasteiger partial charge >= 0.3 is 5.97 Å². The van der Waals surface area contributed by atoms with Crippen LogP contribution in [0.1, 0.15) is 58.9 Å². The van der Waals surface area contributed by atoms with Crippen LogP contribution < -0.4 is 33.2 Å². The third-order valence-electron chi connectivity index (χ3n) is 6.43. The fourth-order valence-corrected chi connectivity index (χ4v) is 3.92. The number of phenolic OH excluding ortho intramolecular Hbond substituents is 1. The van der Waals surface area contributed by atoms with E-state index in [1.165, 1.54) is 12.1 Å². The summed E-state index contributed by atoms with van der Waals surface area (Å²) in [5, 5.41) is 27.2.